The van der Waals surface area contributed by atoms with Gasteiger partial charge >= 0.3 is 0 Å². The summed E-state index contributed by atoms with van der Waals surface area (Å²) in [5.74, 6) is 0.0768. The Labute approximate surface area is 123 Å². The maximum absolute atomic E-state index is 13.3. The number of halogens is 2. The lowest BCUT2D eigenvalue weighted by Crippen LogP contribution is -2.22. The minimum absolute atomic E-state index is 0.258. The molecule has 1 heterocycles. The molecule has 0 aliphatic carbocycles. The fraction of sp³-hybridized carbons (Fsp3) is 0.312. The van der Waals surface area contributed by atoms with Crippen molar-refractivity contribution in [1.29, 1.82) is 0 Å². The molecule has 5 heteroatoms. The number of hydrogen-bond donors (Lipinski definition) is 1. The Bertz CT molecular complexity index is 630. The molecule has 1 N–H and O–H groups in total. The number of nitrogens with zero attached hydrogens (tertiary/aromatic N) is 1. The fourth-order valence-electron chi connectivity index (χ4n) is 1.83. The molecule has 0 atom stereocenters. The van der Waals surface area contributed by atoms with Gasteiger partial charge in [0.05, 0.1) is 6.20 Å². The van der Waals surface area contributed by atoms with Crippen LogP contribution in [-0.4, -0.2) is 11.0 Å². The Hall–Kier alpha value is -2.01. The van der Waals surface area contributed by atoms with Crippen LogP contribution in [0.3, 0.4) is 0 Å². The Morgan fingerprint density at radius 1 is 1.19 bits per heavy atom. The van der Waals surface area contributed by atoms with Crippen LogP contribution in [0.25, 0.3) is 0 Å². The van der Waals surface area contributed by atoms with Gasteiger partial charge in [0, 0.05) is 18.2 Å². The number of pyridine rings is 1. The Morgan fingerprint density at radius 3 is 2.62 bits per heavy atom. The smallest absolute Gasteiger partial charge is 0.223 e. The zero-order chi connectivity index (χ0) is 15.4. The third kappa shape index (κ3) is 4.23. The van der Waals surface area contributed by atoms with Gasteiger partial charge in [-0.15, -0.1) is 0 Å². The van der Waals surface area contributed by atoms with Gasteiger partial charge < -0.3 is 10.1 Å². The molecule has 0 spiro atoms. The molecular formula is C16H18F2N2O. The summed E-state index contributed by atoms with van der Waals surface area (Å²) < 4.78 is 32.1. The second-order valence-corrected chi connectivity index (χ2v) is 5.17. The molecule has 0 aliphatic rings. The zero-order valence-electron chi connectivity index (χ0n) is 12.3. The molecule has 0 bridgehead atoms. The molecule has 0 saturated heterocycles. The van der Waals surface area contributed by atoms with Crippen LogP contribution in [0.15, 0.2) is 30.5 Å². The quantitative estimate of drug-likeness (QED) is 0.905. The number of aryl methyl sites for hydroxylation is 1. The molecule has 112 valence electrons. The number of rotatable bonds is 5. The van der Waals surface area contributed by atoms with E-state index in [1.807, 2.05) is 13.8 Å². The molecule has 0 radical (unpaired) electrons. The van der Waals surface area contributed by atoms with E-state index in [0.717, 1.165) is 6.20 Å². The van der Waals surface area contributed by atoms with E-state index < -0.39 is 5.82 Å². The number of ether oxygens (including phenoxy) is 1. The van der Waals surface area contributed by atoms with Crippen molar-refractivity contribution < 1.29 is 13.5 Å². The van der Waals surface area contributed by atoms with Crippen LogP contribution in [0.2, 0.25) is 0 Å². The third-order valence-corrected chi connectivity index (χ3v) is 2.94. The Morgan fingerprint density at radius 2 is 1.95 bits per heavy atom. The highest BCUT2D eigenvalue weighted by molar-refractivity contribution is 5.37. The van der Waals surface area contributed by atoms with E-state index in [0.29, 0.717) is 29.3 Å². The summed E-state index contributed by atoms with van der Waals surface area (Å²) in [4.78, 5) is 3.98. The van der Waals surface area contributed by atoms with Crippen molar-refractivity contribution in [2.45, 2.75) is 33.4 Å². The van der Waals surface area contributed by atoms with Crippen LogP contribution in [0, 0.1) is 18.6 Å². The zero-order valence-corrected chi connectivity index (χ0v) is 12.3. The number of benzene rings is 1. The molecule has 2 aromatic rings. The second-order valence-electron chi connectivity index (χ2n) is 5.17. The van der Waals surface area contributed by atoms with Crippen molar-refractivity contribution in [1.82, 2.24) is 10.3 Å². The van der Waals surface area contributed by atoms with E-state index in [-0.39, 0.29) is 11.9 Å². The van der Waals surface area contributed by atoms with Crippen LogP contribution >= 0.6 is 0 Å². The number of aromatic nitrogens is 1. The van der Waals surface area contributed by atoms with E-state index in [1.165, 1.54) is 24.3 Å². The molecule has 3 nitrogen and oxygen atoms in total. The summed E-state index contributed by atoms with van der Waals surface area (Å²) >= 11 is 0. The predicted octanol–water partition coefficient (Wildman–Crippen LogP) is 3.96. The average Bonchev–Trinajstić information content (AvgIpc) is 2.41. The molecular weight excluding hydrogens is 274 g/mol. The molecule has 21 heavy (non-hydrogen) atoms. The first-order valence-electron chi connectivity index (χ1n) is 6.77. The molecule has 1 aromatic carbocycles. The van der Waals surface area contributed by atoms with E-state index >= 15 is 0 Å². The van der Waals surface area contributed by atoms with Crippen LogP contribution < -0.4 is 10.1 Å². The standard InChI is InChI=1S/C16H18F2N2O/c1-10(2)19-8-12-7-14(18)9-20-16(12)21-15-5-4-13(17)6-11(15)3/h4-7,9-10,19H,8H2,1-3H3. The first kappa shape index (κ1) is 15.4. The summed E-state index contributed by atoms with van der Waals surface area (Å²) in [6.07, 6.45) is 1.10. The predicted molar refractivity (Wildman–Crippen MR) is 77.4 cm³/mol. The van der Waals surface area contributed by atoms with Gasteiger partial charge in [-0.3, -0.25) is 0 Å². The van der Waals surface area contributed by atoms with Crippen LogP contribution in [-0.2, 0) is 6.54 Å². The first-order valence-corrected chi connectivity index (χ1v) is 6.77. The Kier molecular flexibility index (Phi) is 4.85. The lowest BCUT2D eigenvalue weighted by Gasteiger charge is -2.13. The van der Waals surface area contributed by atoms with Crippen molar-refractivity contribution in [3.63, 3.8) is 0 Å². The molecule has 0 fully saturated rings. The Balaban J connectivity index is 2.26. The molecule has 2 rings (SSSR count). The van der Waals surface area contributed by atoms with Crippen molar-refractivity contribution in [3.8, 4) is 11.6 Å². The molecule has 0 amide bonds. The van der Waals surface area contributed by atoms with Gasteiger partial charge in [-0.05, 0) is 36.8 Å². The van der Waals surface area contributed by atoms with Gasteiger partial charge in [0.25, 0.3) is 0 Å². The molecule has 0 unspecified atom stereocenters. The van der Waals surface area contributed by atoms with Crippen LogP contribution in [0.1, 0.15) is 25.0 Å². The molecule has 0 saturated carbocycles. The largest absolute Gasteiger partial charge is 0.438 e. The summed E-state index contributed by atoms with van der Waals surface area (Å²) in [7, 11) is 0. The molecule has 1 aromatic heterocycles. The van der Waals surface area contributed by atoms with Gasteiger partial charge in [-0.1, -0.05) is 13.8 Å². The normalized spacial score (nSPS) is 11.0. The maximum atomic E-state index is 13.3. The molecule has 0 aliphatic heterocycles. The van der Waals surface area contributed by atoms with Gasteiger partial charge in [-0.25, -0.2) is 13.8 Å². The van der Waals surface area contributed by atoms with E-state index in [4.69, 9.17) is 4.74 Å². The monoisotopic (exact) mass is 292 g/mol. The number of hydrogen-bond acceptors (Lipinski definition) is 3. The van der Waals surface area contributed by atoms with Crippen molar-refractivity contribution in [2.24, 2.45) is 0 Å². The third-order valence-electron chi connectivity index (χ3n) is 2.94. The van der Waals surface area contributed by atoms with Crippen molar-refractivity contribution in [3.05, 3.63) is 53.2 Å². The topological polar surface area (TPSA) is 34.1 Å². The minimum atomic E-state index is -0.418. The minimum Gasteiger partial charge on any atom is -0.438 e. The van der Waals surface area contributed by atoms with E-state index in [1.54, 1.807) is 6.92 Å². The van der Waals surface area contributed by atoms with Crippen LogP contribution in [0.4, 0.5) is 8.78 Å². The highest BCUT2D eigenvalue weighted by atomic mass is 19.1. The van der Waals surface area contributed by atoms with Crippen LogP contribution in [0.5, 0.6) is 11.6 Å². The first-order chi connectivity index (χ1) is 9.95. The summed E-state index contributed by atoms with van der Waals surface area (Å²) in [5, 5.41) is 3.19. The summed E-state index contributed by atoms with van der Waals surface area (Å²) in [5.41, 5.74) is 1.27. The SMILES string of the molecule is Cc1cc(F)ccc1Oc1ncc(F)cc1CNC(C)C. The highest BCUT2D eigenvalue weighted by Gasteiger charge is 2.11. The van der Waals surface area contributed by atoms with Gasteiger partial charge in [-0.2, -0.15) is 0 Å². The summed E-state index contributed by atoms with van der Waals surface area (Å²) in [6.45, 7) is 6.18. The number of nitrogens with one attached hydrogen (secondary N) is 1. The van der Waals surface area contributed by atoms with Gasteiger partial charge in [0.15, 0.2) is 0 Å². The fourth-order valence-corrected chi connectivity index (χ4v) is 1.83. The lowest BCUT2D eigenvalue weighted by atomic mass is 10.2. The van der Waals surface area contributed by atoms with Gasteiger partial charge in [0.1, 0.15) is 17.4 Å². The van der Waals surface area contributed by atoms with Crippen molar-refractivity contribution in [2.75, 3.05) is 0 Å². The van der Waals surface area contributed by atoms with Crippen molar-refractivity contribution >= 4 is 0 Å². The van der Waals surface area contributed by atoms with E-state index in [2.05, 4.69) is 10.3 Å². The lowest BCUT2D eigenvalue weighted by molar-refractivity contribution is 0.441. The second kappa shape index (κ2) is 6.63. The summed E-state index contributed by atoms with van der Waals surface area (Å²) in [6, 6.07) is 5.88. The highest BCUT2D eigenvalue weighted by Crippen LogP contribution is 2.27. The average molecular weight is 292 g/mol. The maximum Gasteiger partial charge on any atom is 0.223 e. The van der Waals surface area contributed by atoms with E-state index in [9.17, 15) is 8.78 Å². The van der Waals surface area contributed by atoms with Gasteiger partial charge in [0.2, 0.25) is 5.88 Å².